The fraction of sp³-hybridized carbons (Fsp3) is 0.200. The maximum atomic E-state index is 10.5. The molecule has 0 fully saturated rings. The van der Waals surface area contributed by atoms with Crippen LogP contribution in [-0.2, 0) is 0 Å². The van der Waals surface area contributed by atoms with Crippen molar-refractivity contribution < 1.29 is 15.1 Å². The number of nitrogens with two attached hydrogens (primary N) is 1. The molecule has 0 unspecified atom stereocenters. The van der Waals surface area contributed by atoms with E-state index in [0.29, 0.717) is 16.8 Å². The lowest BCUT2D eigenvalue weighted by Gasteiger charge is -2.14. The van der Waals surface area contributed by atoms with Crippen molar-refractivity contribution in [2.24, 2.45) is 5.16 Å². The van der Waals surface area contributed by atoms with Crippen LogP contribution in [0.25, 0.3) is 0 Å². The Morgan fingerprint density at radius 3 is 2.88 bits per heavy atom. The summed E-state index contributed by atoms with van der Waals surface area (Å²) in [5, 5.41) is 22.3. The highest BCUT2D eigenvalue weighted by molar-refractivity contribution is 5.83. The van der Waals surface area contributed by atoms with E-state index in [1.54, 1.807) is 25.1 Å². The first-order valence-corrected chi connectivity index (χ1v) is 4.61. The Labute approximate surface area is 92.4 Å². The fourth-order valence-electron chi connectivity index (χ4n) is 1.42. The monoisotopic (exact) mass is 223 g/mol. The van der Waals surface area contributed by atoms with Gasteiger partial charge in [0.05, 0.1) is 12.3 Å². The van der Waals surface area contributed by atoms with Crippen molar-refractivity contribution in [2.45, 2.75) is 13.0 Å². The number of hydrogen-bond donors (Lipinski definition) is 4. The maximum Gasteiger partial charge on any atom is 0.405 e. The predicted molar refractivity (Wildman–Crippen MR) is 59.8 cm³/mol. The molecule has 16 heavy (non-hydrogen) atoms. The molecule has 1 atom stereocenters. The van der Waals surface area contributed by atoms with Gasteiger partial charge in [-0.25, -0.2) is 4.79 Å². The minimum atomic E-state index is -1.11. The van der Waals surface area contributed by atoms with Gasteiger partial charge < -0.3 is 21.4 Å². The Morgan fingerprint density at radius 1 is 1.62 bits per heavy atom. The summed E-state index contributed by atoms with van der Waals surface area (Å²) in [5.74, 6) is 0. The summed E-state index contributed by atoms with van der Waals surface area (Å²) in [6.07, 6.45) is 0.0994. The lowest BCUT2D eigenvalue weighted by atomic mass is 10.0. The highest BCUT2D eigenvalue weighted by atomic mass is 16.4. The summed E-state index contributed by atoms with van der Waals surface area (Å²) in [7, 11) is 0. The lowest BCUT2D eigenvalue weighted by molar-refractivity contribution is 0.191. The van der Waals surface area contributed by atoms with Gasteiger partial charge in [-0.15, -0.1) is 0 Å². The minimum Gasteiger partial charge on any atom is -0.465 e. The van der Waals surface area contributed by atoms with Gasteiger partial charge in [0, 0.05) is 11.3 Å². The van der Waals surface area contributed by atoms with Crippen molar-refractivity contribution in [3.8, 4) is 0 Å². The van der Waals surface area contributed by atoms with Gasteiger partial charge in [-0.05, 0) is 24.6 Å². The predicted octanol–water partition coefficient (Wildman–Crippen LogP) is 1.41. The van der Waals surface area contributed by atoms with Crippen molar-refractivity contribution in [1.29, 1.82) is 0 Å². The number of benzene rings is 1. The minimum absolute atomic E-state index is 0.411. The van der Waals surface area contributed by atoms with E-state index in [1.165, 1.54) is 6.21 Å². The molecular weight excluding hydrogens is 210 g/mol. The molecule has 0 heterocycles. The number of oxime groups is 1. The Kier molecular flexibility index (Phi) is 3.71. The Balaban J connectivity index is 3.06. The zero-order valence-electron chi connectivity index (χ0n) is 8.71. The van der Waals surface area contributed by atoms with Crippen LogP contribution in [0.5, 0.6) is 0 Å². The molecule has 0 aliphatic heterocycles. The number of rotatable bonds is 3. The molecule has 0 aliphatic carbocycles. The van der Waals surface area contributed by atoms with Crippen LogP contribution in [0.3, 0.4) is 0 Å². The van der Waals surface area contributed by atoms with Gasteiger partial charge in [0.15, 0.2) is 0 Å². The molecule has 5 N–H and O–H groups in total. The molecule has 1 aromatic carbocycles. The molecule has 0 saturated carbocycles. The average molecular weight is 223 g/mol. The summed E-state index contributed by atoms with van der Waals surface area (Å²) in [4.78, 5) is 10.5. The van der Waals surface area contributed by atoms with Gasteiger partial charge in [-0.1, -0.05) is 11.2 Å². The molecule has 6 heteroatoms. The highest BCUT2D eigenvalue weighted by Crippen LogP contribution is 2.19. The van der Waals surface area contributed by atoms with Crippen molar-refractivity contribution >= 4 is 18.0 Å². The third kappa shape index (κ3) is 2.88. The maximum absolute atomic E-state index is 10.5. The van der Waals surface area contributed by atoms with E-state index in [2.05, 4.69) is 10.5 Å². The Morgan fingerprint density at radius 2 is 2.31 bits per heavy atom. The standard InChI is InChI=1S/C10H13N3O3/c1-6(13-10(14)15)9-3-2-8(11)4-7(9)5-12-16/h2-6,13,16H,11H2,1H3,(H,14,15)/t6-/m1/s1. The average Bonchev–Trinajstić information content (AvgIpc) is 2.17. The zero-order chi connectivity index (χ0) is 12.1. The number of anilines is 1. The number of nitrogens with zero attached hydrogens (tertiary/aromatic N) is 1. The van der Waals surface area contributed by atoms with Crippen LogP contribution in [-0.4, -0.2) is 22.6 Å². The van der Waals surface area contributed by atoms with Crippen LogP contribution in [0.4, 0.5) is 10.5 Å². The first-order chi connectivity index (χ1) is 7.54. The molecule has 0 bridgehead atoms. The molecular formula is C10H13N3O3. The molecule has 0 spiro atoms. The molecule has 1 rings (SSSR count). The van der Waals surface area contributed by atoms with Crippen LogP contribution in [0.2, 0.25) is 0 Å². The second-order valence-corrected chi connectivity index (χ2v) is 3.30. The Hall–Kier alpha value is -2.24. The quantitative estimate of drug-likeness (QED) is 0.269. The van der Waals surface area contributed by atoms with Gasteiger partial charge in [-0.2, -0.15) is 0 Å². The molecule has 1 amide bonds. The van der Waals surface area contributed by atoms with Crippen molar-refractivity contribution in [1.82, 2.24) is 5.32 Å². The topological polar surface area (TPSA) is 108 Å². The first-order valence-electron chi connectivity index (χ1n) is 4.61. The van der Waals surface area contributed by atoms with Crippen LogP contribution in [0.15, 0.2) is 23.4 Å². The van der Waals surface area contributed by atoms with E-state index in [9.17, 15) is 4.79 Å². The van der Waals surface area contributed by atoms with Crippen LogP contribution in [0, 0.1) is 0 Å². The number of hydrogen-bond acceptors (Lipinski definition) is 4. The number of carboxylic acid groups (broad SMARTS) is 1. The van der Waals surface area contributed by atoms with Crippen molar-refractivity contribution in [2.75, 3.05) is 5.73 Å². The van der Waals surface area contributed by atoms with Gasteiger partial charge in [0.25, 0.3) is 0 Å². The summed E-state index contributed by atoms with van der Waals surface area (Å²) in [6, 6.07) is 4.54. The van der Waals surface area contributed by atoms with E-state index in [1.807, 2.05) is 0 Å². The van der Waals surface area contributed by atoms with Gasteiger partial charge in [0.1, 0.15) is 0 Å². The third-order valence-corrected chi connectivity index (χ3v) is 2.11. The number of nitrogen functional groups attached to an aromatic ring is 1. The molecule has 0 aromatic heterocycles. The van der Waals surface area contributed by atoms with E-state index in [0.717, 1.165) is 0 Å². The molecule has 0 saturated heterocycles. The fourth-order valence-corrected chi connectivity index (χ4v) is 1.42. The van der Waals surface area contributed by atoms with Crippen molar-refractivity contribution in [3.05, 3.63) is 29.3 Å². The highest BCUT2D eigenvalue weighted by Gasteiger charge is 2.11. The van der Waals surface area contributed by atoms with E-state index >= 15 is 0 Å². The smallest absolute Gasteiger partial charge is 0.405 e. The van der Waals surface area contributed by atoms with E-state index < -0.39 is 12.1 Å². The number of amides is 1. The lowest BCUT2D eigenvalue weighted by Crippen LogP contribution is -2.25. The Bertz CT molecular complexity index is 418. The summed E-state index contributed by atoms with van der Waals surface area (Å²) in [5.41, 5.74) is 7.36. The van der Waals surface area contributed by atoms with Crippen LogP contribution >= 0.6 is 0 Å². The molecule has 86 valence electrons. The normalized spacial score (nSPS) is 12.6. The van der Waals surface area contributed by atoms with E-state index in [-0.39, 0.29) is 0 Å². The summed E-state index contributed by atoms with van der Waals surface area (Å²) < 4.78 is 0. The molecule has 0 radical (unpaired) electrons. The molecule has 6 nitrogen and oxygen atoms in total. The SMILES string of the molecule is C[C@@H](NC(=O)O)c1ccc(N)cc1C=NO. The second-order valence-electron chi connectivity index (χ2n) is 3.30. The van der Waals surface area contributed by atoms with Gasteiger partial charge >= 0.3 is 6.09 Å². The third-order valence-electron chi connectivity index (χ3n) is 2.11. The van der Waals surface area contributed by atoms with Crippen LogP contribution in [0.1, 0.15) is 24.1 Å². The summed E-state index contributed by atoms with van der Waals surface area (Å²) >= 11 is 0. The van der Waals surface area contributed by atoms with Gasteiger partial charge in [-0.3, -0.25) is 0 Å². The summed E-state index contributed by atoms with van der Waals surface area (Å²) in [6.45, 7) is 1.69. The largest absolute Gasteiger partial charge is 0.465 e. The second kappa shape index (κ2) is 5.01. The zero-order valence-corrected chi connectivity index (χ0v) is 8.71. The molecule has 1 aromatic rings. The van der Waals surface area contributed by atoms with Crippen molar-refractivity contribution in [3.63, 3.8) is 0 Å². The number of carbonyl (C=O) groups is 1. The van der Waals surface area contributed by atoms with Gasteiger partial charge in [0.2, 0.25) is 0 Å². The number of nitrogens with one attached hydrogen (secondary N) is 1. The first kappa shape index (κ1) is 11.8. The molecule has 0 aliphatic rings. The van der Waals surface area contributed by atoms with E-state index in [4.69, 9.17) is 16.0 Å². The van der Waals surface area contributed by atoms with Crippen LogP contribution < -0.4 is 11.1 Å².